The van der Waals surface area contributed by atoms with Crippen molar-refractivity contribution < 1.29 is 13.2 Å². The van der Waals surface area contributed by atoms with E-state index < -0.39 is 9.84 Å². The summed E-state index contributed by atoms with van der Waals surface area (Å²) in [6.45, 7) is 0. The molecule has 0 atom stereocenters. The van der Waals surface area contributed by atoms with Crippen LogP contribution < -0.4 is 10.5 Å². The molecule has 18 heavy (non-hydrogen) atoms. The van der Waals surface area contributed by atoms with Crippen molar-refractivity contribution in [2.24, 2.45) is 7.05 Å². The van der Waals surface area contributed by atoms with Gasteiger partial charge < -0.3 is 10.5 Å². The summed E-state index contributed by atoms with van der Waals surface area (Å²) in [5.41, 5.74) is 5.89. The molecule has 0 bridgehead atoms. The lowest BCUT2D eigenvalue weighted by Crippen LogP contribution is -2.03. The van der Waals surface area contributed by atoms with E-state index in [1.807, 2.05) is 0 Å². The summed E-state index contributed by atoms with van der Waals surface area (Å²) in [6.07, 6.45) is 4.28. The third-order valence-corrected chi connectivity index (χ3v) is 3.49. The Morgan fingerprint density at radius 3 is 2.67 bits per heavy atom. The molecule has 0 saturated heterocycles. The fraction of sp³-hybridized carbons (Fsp3) is 0.182. The fourth-order valence-electron chi connectivity index (χ4n) is 1.51. The molecule has 0 aliphatic carbocycles. The molecule has 1 aromatic carbocycles. The van der Waals surface area contributed by atoms with Crippen LogP contribution in [0.15, 0.2) is 35.5 Å². The Morgan fingerprint density at radius 1 is 1.39 bits per heavy atom. The summed E-state index contributed by atoms with van der Waals surface area (Å²) in [5, 5.41) is 3.95. The van der Waals surface area contributed by atoms with Crippen molar-refractivity contribution in [3.05, 3.63) is 30.6 Å². The Balaban J connectivity index is 2.41. The van der Waals surface area contributed by atoms with Crippen LogP contribution in [-0.2, 0) is 16.9 Å². The Hall–Kier alpha value is -2.02. The van der Waals surface area contributed by atoms with Gasteiger partial charge in [-0.1, -0.05) is 6.07 Å². The molecular formula is C11H13N3O3S. The Kier molecular flexibility index (Phi) is 3.00. The minimum atomic E-state index is -3.37. The topological polar surface area (TPSA) is 87.2 Å². The first-order chi connectivity index (χ1) is 8.38. The zero-order chi connectivity index (χ0) is 13.3. The number of nitrogens with zero attached hydrogens (tertiary/aromatic N) is 2. The van der Waals surface area contributed by atoms with Gasteiger partial charge in [-0.05, 0) is 12.1 Å². The molecule has 6 nitrogen and oxygen atoms in total. The molecule has 2 N–H and O–H groups in total. The van der Waals surface area contributed by atoms with Gasteiger partial charge in [0.25, 0.3) is 0 Å². The number of nitrogen functional groups attached to an aromatic ring is 1. The van der Waals surface area contributed by atoms with Gasteiger partial charge in [-0.3, -0.25) is 4.68 Å². The number of anilines is 1. The van der Waals surface area contributed by atoms with Crippen LogP contribution in [0.4, 0.5) is 5.69 Å². The molecule has 0 radical (unpaired) electrons. The van der Waals surface area contributed by atoms with Crippen LogP contribution in [0.3, 0.4) is 0 Å². The maximum atomic E-state index is 11.5. The first-order valence-electron chi connectivity index (χ1n) is 5.13. The molecule has 1 heterocycles. The summed E-state index contributed by atoms with van der Waals surface area (Å²) in [4.78, 5) is 0.0592. The molecule has 2 rings (SSSR count). The van der Waals surface area contributed by atoms with Gasteiger partial charge in [0.1, 0.15) is 0 Å². The van der Waals surface area contributed by atoms with E-state index in [4.69, 9.17) is 10.5 Å². The van der Waals surface area contributed by atoms with E-state index in [0.717, 1.165) is 6.26 Å². The van der Waals surface area contributed by atoms with E-state index in [2.05, 4.69) is 5.10 Å². The maximum absolute atomic E-state index is 11.5. The average molecular weight is 267 g/mol. The Labute approximate surface area is 105 Å². The van der Waals surface area contributed by atoms with Crippen LogP contribution in [0.25, 0.3) is 0 Å². The second-order valence-electron chi connectivity index (χ2n) is 3.89. The van der Waals surface area contributed by atoms with Crippen molar-refractivity contribution in [2.75, 3.05) is 12.0 Å². The second kappa shape index (κ2) is 4.34. The molecule has 0 fully saturated rings. The van der Waals surface area contributed by atoms with Crippen LogP contribution in [-0.4, -0.2) is 24.5 Å². The number of ether oxygens (including phenoxy) is 1. The minimum Gasteiger partial charge on any atom is -0.452 e. The number of hydrogen-bond acceptors (Lipinski definition) is 5. The Morgan fingerprint density at radius 2 is 2.11 bits per heavy atom. The van der Waals surface area contributed by atoms with Gasteiger partial charge in [-0.25, -0.2) is 8.42 Å². The number of benzene rings is 1. The van der Waals surface area contributed by atoms with Crippen molar-refractivity contribution in [3.8, 4) is 11.5 Å². The second-order valence-corrected chi connectivity index (χ2v) is 5.88. The van der Waals surface area contributed by atoms with E-state index in [0.29, 0.717) is 11.5 Å². The lowest BCUT2D eigenvalue weighted by molar-refractivity contribution is 0.483. The van der Waals surface area contributed by atoms with E-state index in [1.165, 1.54) is 12.3 Å². The zero-order valence-corrected chi connectivity index (χ0v) is 10.8. The highest BCUT2D eigenvalue weighted by Gasteiger charge is 2.15. The normalized spacial score (nSPS) is 11.4. The molecule has 0 spiro atoms. The summed E-state index contributed by atoms with van der Waals surface area (Å²) < 4.78 is 30.1. The van der Waals surface area contributed by atoms with Gasteiger partial charge >= 0.3 is 0 Å². The highest BCUT2D eigenvalue weighted by molar-refractivity contribution is 7.90. The van der Waals surface area contributed by atoms with E-state index in [1.54, 1.807) is 30.1 Å². The fourth-order valence-corrected chi connectivity index (χ4v) is 2.34. The smallest absolute Gasteiger partial charge is 0.177 e. The summed E-state index contributed by atoms with van der Waals surface area (Å²) in [6, 6.07) is 4.64. The highest BCUT2D eigenvalue weighted by atomic mass is 32.2. The monoisotopic (exact) mass is 267 g/mol. The summed E-state index contributed by atoms with van der Waals surface area (Å²) >= 11 is 0. The predicted molar refractivity (Wildman–Crippen MR) is 67.2 cm³/mol. The number of para-hydroxylation sites is 1. The lowest BCUT2D eigenvalue weighted by atomic mass is 10.3. The van der Waals surface area contributed by atoms with Crippen molar-refractivity contribution in [1.29, 1.82) is 0 Å². The van der Waals surface area contributed by atoms with Gasteiger partial charge in [-0.2, -0.15) is 5.10 Å². The molecule has 96 valence electrons. The quantitative estimate of drug-likeness (QED) is 0.844. The van der Waals surface area contributed by atoms with Crippen LogP contribution >= 0.6 is 0 Å². The van der Waals surface area contributed by atoms with Gasteiger partial charge in [0.2, 0.25) is 0 Å². The van der Waals surface area contributed by atoms with E-state index in [-0.39, 0.29) is 10.6 Å². The van der Waals surface area contributed by atoms with Crippen LogP contribution in [0.2, 0.25) is 0 Å². The molecule has 0 saturated carbocycles. The van der Waals surface area contributed by atoms with Crippen molar-refractivity contribution in [2.45, 2.75) is 4.90 Å². The zero-order valence-electron chi connectivity index (χ0n) is 9.99. The van der Waals surface area contributed by atoms with Gasteiger partial charge in [0.05, 0.1) is 23.0 Å². The van der Waals surface area contributed by atoms with Crippen LogP contribution in [0.5, 0.6) is 11.5 Å². The van der Waals surface area contributed by atoms with Crippen LogP contribution in [0.1, 0.15) is 0 Å². The van der Waals surface area contributed by atoms with Gasteiger partial charge in [0.15, 0.2) is 21.3 Å². The molecule has 1 aromatic heterocycles. The molecular weight excluding hydrogens is 254 g/mol. The largest absolute Gasteiger partial charge is 0.452 e. The molecule has 0 aliphatic rings. The van der Waals surface area contributed by atoms with E-state index >= 15 is 0 Å². The summed E-state index contributed by atoms with van der Waals surface area (Å²) in [5.74, 6) is 0.792. The highest BCUT2D eigenvalue weighted by Crippen LogP contribution is 2.31. The van der Waals surface area contributed by atoms with Crippen molar-refractivity contribution in [3.63, 3.8) is 0 Å². The lowest BCUT2D eigenvalue weighted by Gasteiger charge is -2.09. The standard InChI is InChI=1S/C11H13N3O3S/c1-14-7-8(6-13-14)17-9-4-3-5-10(11(9)12)18(2,15)16/h3-7H,12H2,1-2H3. The number of nitrogens with two attached hydrogens (primary N) is 1. The van der Waals surface area contributed by atoms with Crippen LogP contribution in [0, 0.1) is 0 Å². The molecule has 0 unspecified atom stereocenters. The molecule has 2 aromatic rings. The molecule has 0 amide bonds. The SMILES string of the molecule is Cn1cc(Oc2cccc(S(C)(=O)=O)c2N)cn1. The minimum absolute atomic E-state index is 0.0592. The first kappa shape index (κ1) is 12.4. The van der Waals surface area contributed by atoms with Gasteiger partial charge in [0, 0.05) is 13.3 Å². The number of hydrogen-bond donors (Lipinski definition) is 1. The summed E-state index contributed by atoms with van der Waals surface area (Å²) in [7, 11) is -1.62. The van der Waals surface area contributed by atoms with Crippen molar-refractivity contribution >= 4 is 15.5 Å². The number of aryl methyl sites for hydroxylation is 1. The predicted octanol–water partition coefficient (Wildman–Crippen LogP) is 1.20. The molecule has 7 heteroatoms. The van der Waals surface area contributed by atoms with E-state index in [9.17, 15) is 8.42 Å². The average Bonchev–Trinajstić information content (AvgIpc) is 2.65. The third-order valence-electron chi connectivity index (χ3n) is 2.33. The third kappa shape index (κ3) is 2.45. The number of sulfone groups is 1. The van der Waals surface area contributed by atoms with Gasteiger partial charge in [-0.15, -0.1) is 0 Å². The number of rotatable bonds is 3. The number of aromatic nitrogens is 2. The first-order valence-corrected chi connectivity index (χ1v) is 7.02. The maximum Gasteiger partial charge on any atom is 0.177 e. The molecule has 0 aliphatic heterocycles. The van der Waals surface area contributed by atoms with Crippen molar-refractivity contribution in [1.82, 2.24) is 9.78 Å². The Bertz CT molecular complexity index is 677.